The molecular formula is C24H29NO4. The fourth-order valence-corrected chi connectivity index (χ4v) is 5.18. The summed E-state index contributed by atoms with van der Waals surface area (Å²) in [6.07, 6.45) is 4.39. The van der Waals surface area contributed by atoms with Gasteiger partial charge in [0.2, 0.25) is 0 Å². The highest BCUT2D eigenvalue weighted by Crippen LogP contribution is 2.51. The molecule has 1 aliphatic heterocycles. The number of amides is 1. The summed E-state index contributed by atoms with van der Waals surface area (Å²) in [5.41, 5.74) is 0.779. The third kappa shape index (κ3) is 3.48. The van der Waals surface area contributed by atoms with Crippen LogP contribution in [0.4, 0.5) is 0 Å². The largest absolute Gasteiger partial charge is 0.496 e. The molecule has 154 valence electrons. The molecule has 0 bridgehead atoms. The highest BCUT2D eigenvalue weighted by atomic mass is 16.5. The molecule has 1 N–H and O–H groups in total. The van der Waals surface area contributed by atoms with Gasteiger partial charge in [0.05, 0.1) is 31.4 Å². The third-order valence-electron chi connectivity index (χ3n) is 6.62. The normalized spacial score (nSPS) is 26.5. The van der Waals surface area contributed by atoms with E-state index in [1.807, 2.05) is 53.4 Å². The molecule has 5 nitrogen and oxygen atoms in total. The Morgan fingerprint density at radius 3 is 2.45 bits per heavy atom. The zero-order valence-electron chi connectivity index (χ0n) is 17.1. The molecule has 1 saturated carbocycles. The van der Waals surface area contributed by atoms with Crippen molar-refractivity contribution in [1.29, 1.82) is 0 Å². The molecule has 3 atom stereocenters. The van der Waals surface area contributed by atoms with E-state index in [0.717, 1.165) is 37.0 Å². The molecule has 0 radical (unpaired) electrons. The smallest absolute Gasteiger partial charge is 0.258 e. The molecule has 5 heteroatoms. The van der Waals surface area contributed by atoms with Gasteiger partial charge in [0, 0.05) is 18.0 Å². The highest BCUT2D eigenvalue weighted by molar-refractivity contribution is 5.97. The zero-order valence-corrected chi connectivity index (χ0v) is 17.1. The van der Waals surface area contributed by atoms with E-state index in [9.17, 15) is 9.90 Å². The molecule has 29 heavy (non-hydrogen) atoms. The van der Waals surface area contributed by atoms with E-state index >= 15 is 0 Å². The maximum absolute atomic E-state index is 13.7. The number of rotatable bonds is 4. The maximum Gasteiger partial charge on any atom is 0.258 e. The second-order valence-corrected chi connectivity index (χ2v) is 8.09. The number of methoxy groups -OCH3 is 2. The minimum Gasteiger partial charge on any atom is -0.496 e. The second kappa shape index (κ2) is 8.07. The van der Waals surface area contributed by atoms with Crippen LogP contribution < -0.4 is 9.47 Å². The fraction of sp³-hybridized carbons (Fsp3) is 0.458. The predicted molar refractivity (Wildman–Crippen MR) is 111 cm³/mol. The number of carbonyl (C=O) groups excluding carboxylic acids is 1. The van der Waals surface area contributed by atoms with E-state index in [1.54, 1.807) is 14.2 Å². The average Bonchev–Trinajstić information content (AvgIpc) is 2.77. The van der Waals surface area contributed by atoms with E-state index in [2.05, 4.69) is 0 Å². The molecule has 1 saturated heterocycles. The number of hydrogen-bond donors (Lipinski definition) is 1. The summed E-state index contributed by atoms with van der Waals surface area (Å²) >= 11 is 0. The molecule has 2 aromatic carbocycles. The van der Waals surface area contributed by atoms with Gasteiger partial charge in [-0.25, -0.2) is 0 Å². The van der Waals surface area contributed by atoms with Gasteiger partial charge in [-0.05, 0) is 37.5 Å². The number of fused-ring (bicyclic) bond motifs is 1. The lowest BCUT2D eigenvalue weighted by atomic mass is 9.66. The summed E-state index contributed by atoms with van der Waals surface area (Å²) in [4.78, 5) is 15.6. The van der Waals surface area contributed by atoms with Crippen LogP contribution in [-0.4, -0.2) is 42.3 Å². The first kappa shape index (κ1) is 19.8. The molecule has 1 aliphatic carbocycles. The Kier molecular flexibility index (Phi) is 5.50. The minimum absolute atomic E-state index is 0.0139. The minimum atomic E-state index is -0.735. The molecule has 0 spiro atoms. The average molecular weight is 395 g/mol. The van der Waals surface area contributed by atoms with Crippen molar-refractivity contribution >= 4 is 5.91 Å². The number of para-hydroxylation sites is 2. The van der Waals surface area contributed by atoms with Gasteiger partial charge in [-0.15, -0.1) is 0 Å². The quantitative estimate of drug-likeness (QED) is 0.842. The molecule has 2 aliphatic rings. The number of aliphatic hydroxyl groups is 1. The van der Waals surface area contributed by atoms with Crippen LogP contribution in [0.25, 0.3) is 0 Å². The van der Waals surface area contributed by atoms with E-state index in [-0.39, 0.29) is 17.9 Å². The lowest BCUT2D eigenvalue weighted by Crippen LogP contribution is -2.56. The summed E-state index contributed by atoms with van der Waals surface area (Å²) in [6, 6.07) is 15.0. The predicted octanol–water partition coefficient (Wildman–Crippen LogP) is 4.21. The molecular weight excluding hydrogens is 366 g/mol. The van der Waals surface area contributed by atoms with Gasteiger partial charge in [-0.2, -0.15) is 0 Å². The van der Waals surface area contributed by atoms with Gasteiger partial charge >= 0.3 is 0 Å². The Morgan fingerprint density at radius 2 is 1.69 bits per heavy atom. The van der Waals surface area contributed by atoms with Crippen molar-refractivity contribution in [3.63, 3.8) is 0 Å². The van der Waals surface area contributed by atoms with Crippen molar-refractivity contribution in [1.82, 2.24) is 4.90 Å². The van der Waals surface area contributed by atoms with E-state index in [1.165, 1.54) is 0 Å². The van der Waals surface area contributed by atoms with E-state index in [0.29, 0.717) is 24.3 Å². The van der Waals surface area contributed by atoms with Crippen molar-refractivity contribution in [3.05, 3.63) is 59.7 Å². The van der Waals surface area contributed by atoms with Crippen LogP contribution >= 0.6 is 0 Å². The summed E-state index contributed by atoms with van der Waals surface area (Å²) < 4.78 is 11.1. The SMILES string of the molecule is COc1ccccc1C(=O)N1CCC2(O)CCCCC2C1c1ccccc1OC. The summed E-state index contributed by atoms with van der Waals surface area (Å²) in [7, 11) is 3.24. The molecule has 1 amide bonds. The van der Waals surface area contributed by atoms with Crippen LogP contribution in [0.15, 0.2) is 48.5 Å². The molecule has 1 heterocycles. The maximum atomic E-state index is 13.7. The van der Waals surface area contributed by atoms with Crippen molar-refractivity contribution in [3.8, 4) is 11.5 Å². The number of likely N-dealkylation sites (tertiary alicyclic amines) is 1. The van der Waals surface area contributed by atoms with E-state index in [4.69, 9.17) is 9.47 Å². The van der Waals surface area contributed by atoms with Crippen LogP contribution in [-0.2, 0) is 0 Å². The summed E-state index contributed by atoms with van der Waals surface area (Å²) in [5.74, 6) is 1.25. The number of hydrogen-bond acceptors (Lipinski definition) is 4. The topological polar surface area (TPSA) is 59.0 Å². The van der Waals surface area contributed by atoms with Gasteiger partial charge in [0.25, 0.3) is 5.91 Å². The monoisotopic (exact) mass is 395 g/mol. The lowest BCUT2D eigenvalue weighted by molar-refractivity contribution is -0.115. The Labute approximate surface area is 172 Å². The van der Waals surface area contributed by atoms with Crippen molar-refractivity contribution < 1.29 is 19.4 Å². The van der Waals surface area contributed by atoms with Crippen LogP contribution in [0, 0.1) is 5.92 Å². The van der Waals surface area contributed by atoms with Crippen LogP contribution in [0.2, 0.25) is 0 Å². The number of ether oxygens (including phenoxy) is 2. The van der Waals surface area contributed by atoms with Gasteiger partial charge in [0.15, 0.2) is 0 Å². The zero-order chi connectivity index (χ0) is 20.4. The Balaban J connectivity index is 1.80. The molecule has 3 unspecified atom stereocenters. The first-order valence-corrected chi connectivity index (χ1v) is 10.4. The van der Waals surface area contributed by atoms with Gasteiger partial charge in [-0.1, -0.05) is 43.2 Å². The third-order valence-corrected chi connectivity index (χ3v) is 6.62. The first-order chi connectivity index (χ1) is 14.1. The first-order valence-electron chi connectivity index (χ1n) is 10.4. The molecule has 0 aromatic heterocycles. The van der Waals surface area contributed by atoms with Gasteiger partial charge in [0.1, 0.15) is 11.5 Å². The van der Waals surface area contributed by atoms with Crippen molar-refractivity contribution in [2.45, 2.75) is 43.7 Å². The van der Waals surface area contributed by atoms with Crippen molar-refractivity contribution in [2.75, 3.05) is 20.8 Å². The van der Waals surface area contributed by atoms with Gasteiger partial charge in [-0.3, -0.25) is 4.79 Å². The Bertz CT molecular complexity index is 883. The Hall–Kier alpha value is -2.53. The fourth-order valence-electron chi connectivity index (χ4n) is 5.18. The number of benzene rings is 2. The summed E-state index contributed by atoms with van der Waals surface area (Å²) in [6.45, 7) is 0.507. The van der Waals surface area contributed by atoms with E-state index < -0.39 is 5.60 Å². The van der Waals surface area contributed by atoms with Crippen LogP contribution in [0.1, 0.15) is 54.1 Å². The Morgan fingerprint density at radius 1 is 1.00 bits per heavy atom. The van der Waals surface area contributed by atoms with Crippen LogP contribution in [0.5, 0.6) is 11.5 Å². The second-order valence-electron chi connectivity index (χ2n) is 8.09. The van der Waals surface area contributed by atoms with Crippen LogP contribution in [0.3, 0.4) is 0 Å². The van der Waals surface area contributed by atoms with Crippen molar-refractivity contribution in [2.24, 2.45) is 5.92 Å². The number of piperidine rings is 1. The lowest BCUT2D eigenvalue weighted by Gasteiger charge is -2.52. The summed E-state index contributed by atoms with van der Waals surface area (Å²) in [5, 5.41) is 11.5. The standard InChI is InChI=1S/C24H29NO4/c1-28-20-12-5-3-9-17(20)22-19-11-7-8-14-24(19,27)15-16-25(22)23(26)18-10-4-6-13-21(18)29-2/h3-6,9-10,12-13,19,22,27H,7-8,11,14-16H2,1-2H3. The highest BCUT2D eigenvalue weighted by Gasteiger charge is 2.51. The molecule has 4 rings (SSSR count). The number of carbonyl (C=O) groups is 1. The molecule has 2 aromatic rings. The van der Waals surface area contributed by atoms with Gasteiger partial charge < -0.3 is 19.5 Å². The molecule has 2 fully saturated rings. The number of nitrogens with zero attached hydrogens (tertiary/aromatic N) is 1.